The fraction of sp³-hybridized carbons (Fsp3) is 0.474. The van der Waals surface area contributed by atoms with E-state index in [0.717, 1.165) is 5.56 Å². The summed E-state index contributed by atoms with van der Waals surface area (Å²) in [6, 6.07) is 13.4. The van der Waals surface area contributed by atoms with E-state index in [2.05, 4.69) is 0 Å². The van der Waals surface area contributed by atoms with Gasteiger partial charge in [-0.3, -0.25) is 9.59 Å². The molecule has 1 atom stereocenters. The molecule has 0 N–H and O–H groups in total. The Bertz CT molecular complexity index is 716. The molecule has 0 unspecified atom stereocenters. The molecule has 1 heterocycles. The lowest BCUT2D eigenvalue weighted by Crippen LogP contribution is -2.49. The number of carbonyl (C=O) groups is 2. The smallest absolute Gasteiger partial charge is 0.245 e. The van der Waals surface area contributed by atoms with Gasteiger partial charge in [-0.1, -0.05) is 37.3 Å². The van der Waals surface area contributed by atoms with Crippen LogP contribution < -0.4 is 0 Å². The van der Waals surface area contributed by atoms with Crippen molar-refractivity contribution >= 4 is 11.8 Å². The van der Waals surface area contributed by atoms with Crippen molar-refractivity contribution in [2.45, 2.75) is 45.7 Å². The van der Waals surface area contributed by atoms with Gasteiger partial charge in [0.2, 0.25) is 11.8 Å². The van der Waals surface area contributed by atoms with Crippen LogP contribution in [0.5, 0.6) is 0 Å². The molecule has 0 radical (unpaired) electrons. The predicted octanol–water partition coefficient (Wildman–Crippen LogP) is 2.63. The van der Waals surface area contributed by atoms with Gasteiger partial charge in [-0.15, -0.1) is 0 Å². The highest BCUT2D eigenvalue weighted by Gasteiger charge is 2.46. The summed E-state index contributed by atoms with van der Waals surface area (Å²) in [5, 5.41) is 21.0. The second-order valence-corrected chi connectivity index (χ2v) is 7.05. The summed E-state index contributed by atoms with van der Waals surface area (Å²) < 4.78 is 0. The van der Waals surface area contributed by atoms with Gasteiger partial charge in [0, 0.05) is 24.9 Å². The van der Waals surface area contributed by atoms with Crippen LogP contribution in [-0.4, -0.2) is 27.4 Å². The molecular weight excluding hydrogens is 316 g/mol. The Morgan fingerprint density at radius 2 is 1.84 bits per heavy atom. The molecule has 2 rings (SSSR count). The Balaban J connectivity index is 2.21. The van der Waals surface area contributed by atoms with Crippen molar-refractivity contribution in [3.63, 3.8) is 0 Å². The zero-order valence-corrected chi connectivity index (χ0v) is 14.8. The third-order valence-corrected chi connectivity index (χ3v) is 4.52. The zero-order chi connectivity index (χ0) is 18.6. The summed E-state index contributed by atoms with van der Waals surface area (Å²) >= 11 is 0. The molecule has 6 nitrogen and oxygen atoms in total. The van der Waals surface area contributed by atoms with Crippen molar-refractivity contribution in [2.24, 2.45) is 11.8 Å². The largest absolute Gasteiger partial charge is 0.273 e. The molecule has 2 amide bonds. The van der Waals surface area contributed by atoms with Gasteiger partial charge in [0.1, 0.15) is 5.92 Å². The fourth-order valence-electron chi connectivity index (χ4n) is 3.02. The van der Waals surface area contributed by atoms with E-state index in [1.54, 1.807) is 11.9 Å². The number of nitrogens with zero attached hydrogens (tertiary/aromatic N) is 4. The molecule has 6 heteroatoms. The maximum Gasteiger partial charge on any atom is 0.245 e. The maximum atomic E-state index is 12.7. The maximum absolute atomic E-state index is 12.7. The molecule has 0 saturated carbocycles. The summed E-state index contributed by atoms with van der Waals surface area (Å²) in [7, 11) is 0. The molecule has 1 aromatic carbocycles. The van der Waals surface area contributed by atoms with E-state index in [-0.39, 0.29) is 24.7 Å². The Morgan fingerprint density at radius 3 is 2.40 bits per heavy atom. The van der Waals surface area contributed by atoms with E-state index in [4.69, 9.17) is 10.5 Å². The topological polar surface area (TPSA) is 88.2 Å². The highest BCUT2D eigenvalue weighted by Crippen LogP contribution is 2.33. The SMILES string of the molecule is C[C@@H](CC(=O)N1C(=O)CC(C)(C)N1Cc1ccccc1)C(C#N)C#N. The van der Waals surface area contributed by atoms with Crippen LogP contribution in [-0.2, 0) is 16.1 Å². The van der Waals surface area contributed by atoms with Crippen LogP contribution in [0.4, 0.5) is 0 Å². The normalized spacial score (nSPS) is 18.0. The quantitative estimate of drug-likeness (QED) is 0.823. The number of hydrogen-bond acceptors (Lipinski definition) is 5. The van der Waals surface area contributed by atoms with Crippen molar-refractivity contribution in [3.05, 3.63) is 35.9 Å². The molecule has 0 aliphatic carbocycles. The van der Waals surface area contributed by atoms with E-state index >= 15 is 0 Å². The van der Waals surface area contributed by atoms with Gasteiger partial charge in [0.15, 0.2) is 0 Å². The summed E-state index contributed by atoms with van der Waals surface area (Å²) in [5.74, 6) is -1.91. The molecule has 0 bridgehead atoms. The minimum absolute atomic E-state index is 0.0150. The van der Waals surface area contributed by atoms with Gasteiger partial charge >= 0.3 is 0 Å². The minimum Gasteiger partial charge on any atom is -0.273 e. The van der Waals surface area contributed by atoms with Gasteiger partial charge in [-0.05, 0) is 25.3 Å². The fourth-order valence-corrected chi connectivity index (χ4v) is 3.02. The molecule has 1 aromatic rings. The number of hydrazine groups is 1. The molecule has 1 aliphatic heterocycles. The van der Waals surface area contributed by atoms with Crippen molar-refractivity contribution in [2.75, 3.05) is 0 Å². The second kappa shape index (κ2) is 7.46. The van der Waals surface area contributed by atoms with Crippen molar-refractivity contribution in [3.8, 4) is 12.1 Å². The lowest BCUT2D eigenvalue weighted by atomic mass is 9.93. The van der Waals surface area contributed by atoms with Gasteiger partial charge in [0.25, 0.3) is 0 Å². The minimum atomic E-state index is -0.864. The Hall–Kier alpha value is -2.70. The van der Waals surface area contributed by atoms with Crippen LogP contribution in [0.25, 0.3) is 0 Å². The molecular formula is C19H22N4O2. The molecule has 130 valence electrons. The third-order valence-electron chi connectivity index (χ3n) is 4.52. The first-order valence-corrected chi connectivity index (χ1v) is 8.26. The highest BCUT2D eigenvalue weighted by atomic mass is 16.2. The lowest BCUT2D eigenvalue weighted by Gasteiger charge is -2.35. The van der Waals surface area contributed by atoms with Crippen LogP contribution in [0.15, 0.2) is 30.3 Å². The zero-order valence-electron chi connectivity index (χ0n) is 14.8. The number of hydrogen-bond donors (Lipinski definition) is 0. The number of rotatable bonds is 5. The summed E-state index contributed by atoms with van der Waals surface area (Å²) in [5.41, 5.74) is 0.526. The molecule has 0 spiro atoms. The van der Waals surface area contributed by atoms with E-state index in [0.29, 0.717) is 6.54 Å². The average molecular weight is 338 g/mol. The van der Waals surface area contributed by atoms with E-state index in [1.807, 2.05) is 56.3 Å². The predicted molar refractivity (Wildman–Crippen MR) is 91.0 cm³/mol. The summed E-state index contributed by atoms with van der Waals surface area (Å²) in [6.45, 7) is 5.98. The lowest BCUT2D eigenvalue weighted by molar-refractivity contribution is -0.161. The first-order chi connectivity index (χ1) is 11.8. The summed E-state index contributed by atoms with van der Waals surface area (Å²) in [4.78, 5) is 25.2. The number of nitriles is 2. The van der Waals surface area contributed by atoms with Crippen molar-refractivity contribution in [1.82, 2.24) is 10.0 Å². The molecule has 1 aliphatic rings. The molecule has 25 heavy (non-hydrogen) atoms. The van der Waals surface area contributed by atoms with Gasteiger partial charge < -0.3 is 0 Å². The third kappa shape index (κ3) is 4.04. The van der Waals surface area contributed by atoms with Gasteiger partial charge in [-0.25, -0.2) is 10.0 Å². The number of carbonyl (C=O) groups excluding carboxylic acids is 2. The van der Waals surface area contributed by atoms with Crippen LogP contribution in [0.3, 0.4) is 0 Å². The number of imide groups is 1. The van der Waals surface area contributed by atoms with Crippen LogP contribution in [0, 0.1) is 34.5 Å². The number of benzene rings is 1. The first kappa shape index (κ1) is 18.6. The molecule has 1 saturated heterocycles. The molecule has 1 fully saturated rings. The Kier molecular flexibility index (Phi) is 5.56. The van der Waals surface area contributed by atoms with Crippen LogP contribution in [0.1, 0.15) is 39.2 Å². The van der Waals surface area contributed by atoms with E-state index < -0.39 is 17.4 Å². The van der Waals surface area contributed by atoms with E-state index in [1.165, 1.54) is 5.01 Å². The van der Waals surface area contributed by atoms with Crippen LogP contribution >= 0.6 is 0 Å². The van der Waals surface area contributed by atoms with E-state index in [9.17, 15) is 9.59 Å². The number of amides is 2. The standard InChI is InChI=1S/C19H22N4O2/c1-14(16(11-20)12-21)9-17(24)23-18(25)10-19(2,3)22(23)13-15-7-5-4-6-8-15/h4-8,14,16H,9-10,13H2,1-3H3/t14-/m0/s1. The second-order valence-electron chi connectivity index (χ2n) is 7.05. The van der Waals surface area contributed by atoms with Crippen molar-refractivity contribution < 1.29 is 9.59 Å². The molecule has 0 aromatic heterocycles. The Morgan fingerprint density at radius 1 is 1.24 bits per heavy atom. The van der Waals surface area contributed by atoms with Gasteiger partial charge in [-0.2, -0.15) is 10.5 Å². The van der Waals surface area contributed by atoms with Crippen LogP contribution in [0.2, 0.25) is 0 Å². The monoisotopic (exact) mass is 338 g/mol. The summed E-state index contributed by atoms with van der Waals surface area (Å²) in [6.07, 6.45) is 0.235. The average Bonchev–Trinajstić information content (AvgIpc) is 2.78. The Labute approximate surface area is 148 Å². The van der Waals surface area contributed by atoms with Crippen molar-refractivity contribution in [1.29, 1.82) is 10.5 Å². The highest BCUT2D eigenvalue weighted by molar-refractivity contribution is 5.96. The van der Waals surface area contributed by atoms with Gasteiger partial charge in [0.05, 0.1) is 12.1 Å². The first-order valence-electron chi connectivity index (χ1n) is 8.26.